The maximum absolute atomic E-state index is 12.4. The van der Waals surface area contributed by atoms with E-state index in [1.54, 1.807) is 11.3 Å². The Balaban J connectivity index is 0.00000484. The lowest BCUT2D eigenvalue weighted by molar-refractivity contribution is -0.146. The number of unbranched alkanes of at least 4 members (excludes halogenated alkanes) is 3. The minimum Gasteiger partial charge on any atom is -0.464 e. The van der Waals surface area contributed by atoms with Gasteiger partial charge >= 0.3 is 5.97 Å². The quantitative estimate of drug-likeness (QED) is 0.382. The average molecular weight is 362 g/mol. The smallest absolute Gasteiger partial charge is 0.314 e. The molecule has 3 nitrogen and oxygen atoms in total. The Labute approximate surface area is 151 Å². The van der Waals surface area contributed by atoms with E-state index in [9.17, 15) is 4.79 Å². The third-order valence-electron chi connectivity index (χ3n) is 4.06. The molecule has 23 heavy (non-hydrogen) atoms. The van der Waals surface area contributed by atoms with Gasteiger partial charge in [-0.25, -0.2) is 0 Å². The Morgan fingerprint density at radius 2 is 1.96 bits per heavy atom. The van der Waals surface area contributed by atoms with E-state index in [1.165, 1.54) is 19.3 Å². The maximum Gasteiger partial charge on any atom is 0.314 e. The van der Waals surface area contributed by atoms with Gasteiger partial charge in [0.15, 0.2) is 0 Å². The molecule has 0 bridgehead atoms. The van der Waals surface area contributed by atoms with Crippen molar-refractivity contribution in [1.29, 1.82) is 0 Å². The Morgan fingerprint density at radius 1 is 1.22 bits per heavy atom. The Bertz CT molecular complexity index is 394. The van der Waals surface area contributed by atoms with Crippen LogP contribution in [-0.2, 0) is 9.53 Å². The molecule has 0 amide bonds. The number of nitrogens with zero attached hydrogens (tertiary/aromatic N) is 1. The number of halogens is 1. The van der Waals surface area contributed by atoms with Crippen molar-refractivity contribution in [2.45, 2.75) is 58.8 Å². The number of ether oxygens (including phenoxy) is 1. The van der Waals surface area contributed by atoms with Gasteiger partial charge in [0.1, 0.15) is 6.61 Å². The molecule has 1 atom stereocenters. The standard InChI is InChI=1S/C18H31NO2S.ClH/c1-4-7-8-9-11-16(17-12-10-15-22-17)18(20)21-14-13-19(5-2)6-3;/h10,12,15-16H,4-9,11,13-14H2,1-3H3;1H. The molecule has 1 rings (SSSR count). The van der Waals surface area contributed by atoms with Gasteiger partial charge in [0.2, 0.25) is 0 Å². The van der Waals surface area contributed by atoms with E-state index in [1.807, 2.05) is 11.4 Å². The van der Waals surface area contributed by atoms with Crippen molar-refractivity contribution in [3.05, 3.63) is 22.4 Å². The van der Waals surface area contributed by atoms with Crippen LogP contribution in [0.2, 0.25) is 0 Å². The summed E-state index contributed by atoms with van der Waals surface area (Å²) in [6.45, 7) is 9.79. The lowest BCUT2D eigenvalue weighted by atomic mass is 9.99. The molecule has 1 unspecified atom stereocenters. The predicted molar refractivity (Wildman–Crippen MR) is 102 cm³/mol. The largest absolute Gasteiger partial charge is 0.464 e. The summed E-state index contributed by atoms with van der Waals surface area (Å²) in [5.41, 5.74) is 0. The molecule has 0 aliphatic rings. The number of likely N-dealkylation sites (N-methyl/N-ethyl adjacent to an activating group) is 1. The van der Waals surface area contributed by atoms with Crippen LogP contribution in [0.1, 0.15) is 63.7 Å². The predicted octanol–water partition coefficient (Wildman–Crippen LogP) is 5.11. The number of rotatable bonds is 12. The number of hydrogen-bond acceptors (Lipinski definition) is 4. The third kappa shape index (κ3) is 8.73. The molecule has 0 aromatic carbocycles. The molecule has 0 fully saturated rings. The summed E-state index contributed by atoms with van der Waals surface area (Å²) in [6.07, 6.45) is 5.67. The number of carbonyl (C=O) groups is 1. The van der Waals surface area contributed by atoms with Crippen molar-refractivity contribution in [2.75, 3.05) is 26.2 Å². The molecule has 0 radical (unpaired) electrons. The average Bonchev–Trinajstić information content (AvgIpc) is 3.05. The van der Waals surface area contributed by atoms with E-state index < -0.39 is 0 Å². The highest BCUT2D eigenvalue weighted by Gasteiger charge is 2.22. The normalized spacial score (nSPS) is 12.0. The Morgan fingerprint density at radius 3 is 2.52 bits per heavy atom. The van der Waals surface area contributed by atoms with E-state index in [2.05, 4.69) is 31.7 Å². The lowest BCUT2D eigenvalue weighted by Gasteiger charge is -2.19. The van der Waals surface area contributed by atoms with Crippen LogP contribution in [0.15, 0.2) is 17.5 Å². The summed E-state index contributed by atoms with van der Waals surface area (Å²) < 4.78 is 5.55. The number of hydrogen-bond donors (Lipinski definition) is 0. The first-order valence-corrected chi connectivity index (χ1v) is 9.53. The van der Waals surface area contributed by atoms with Crippen LogP contribution in [-0.4, -0.2) is 37.1 Å². The van der Waals surface area contributed by atoms with Gasteiger partial charge in [0.25, 0.3) is 0 Å². The fraction of sp³-hybridized carbons (Fsp3) is 0.722. The van der Waals surface area contributed by atoms with Crippen LogP contribution in [0.25, 0.3) is 0 Å². The van der Waals surface area contributed by atoms with Gasteiger partial charge in [-0.3, -0.25) is 4.79 Å². The first kappa shape index (κ1) is 22.4. The summed E-state index contributed by atoms with van der Waals surface area (Å²) in [7, 11) is 0. The zero-order valence-corrected chi connectivity index (χ0v) is 16.4. The van der Waals surface area contributed by atoms with Crippen molar-refractivity contribution in [3.8, 4) is 0 Å². The van der Waals surface area contributed by atoms with Gasteiger partial charge in [0.05, 0.1) is 5.92 Å². The summed E-state index contributed by atoms with van der Waals surface area (Å²) in [5.74, 6) is -0.125. The molecular weight excluding hydrogens is 330 g/mol. The lowest BCUT2D eigenvalue weighted by Crippen LogP contribution is -2.28. The molecule has 1 aromatic rings. The molecule has 0 saturated heterocycles. The highest BCUT2D eigenvalue weighted by Crippen LogP contribution is 2.28. The summed E-state index contributed by atoms with van der Waals surface area (Å²) in [4.78, 5) is 15.8. The van der Waals surface area contributed by atoms with Gasteiger partial charge in [-0.05, 0) is 31.0 Å². The fourth-order valence-electron chi connectivity index (χ4n) is 2.56. The highest BCUT2D eigenvalue weighted by atomic mass is 35.5. The van der Waals surface area contributed by atoms with Crippen LogP contribution in [0.3, 0.4) is 0 Å². The Hall–Kier alpha value is -0.580. The second kappa shape index (κ2) is 13.8. The van der Waals surface area contributed by atoms with Crippen LogP contribution < -0.4 is 0 Å². The number of carbonyl (C=O) groups excluding carboxylic acids is 1. The van der Waals surface area contributed by atoms with Gasteiger partial charge in [-0.1, -0.05) is 52.5 Å². The molecule has 1 aromatic heterocycles. The molecule has 0 spiro atoms. The highest BCUT2D eigenvalue weighted by molar-refractivity contribution is 7.10. The number of esters is 1. The second-order valence-electron chi connectivity index (χ2n) is 5.61. The van der Waals surface area contributed by atoms with Gasteiger partial charge < -0.3 is 9.64 Å². The van der Waals surface area contributed by atoms with Crippen LogP contribution in [0.5, 0.6) is 0 Å². The van der Waals surface area contributed by atoms with Gasteiger partial charge in [-0.15, -0.1) is 23.7 Å². The Kier molecular flexibility index (Phi) is 13.5. The minimum atomic E-state index is -0.0754. The molecular formula is C18H32ClNO2S. The van der Waals surface area contributed by atoms with Crippen molar-refractivity contribution in [2.24, 2.45) is 0 Å². The molecule has 5 heteroatoms. The van der Waals surface area contributed by atoms with E-state index in [0.29, 0.717) is 6.61 Å². The molecule has 0 saturated carbocycles. The first-order valence-electron chi connectivity index (χ1n) is 8.65. The third-order valence-corrected chi connectivity index (χ3v) is 5.05. The molecule has 0 N–H and O–H groups in total. The van der Waals surface area contributed by atoms with E-state index in [0.717, 1.165) is 37.4 Å². The van der Waals surface area contributed by atoms with Crippen molar-refractivity contribution in [1.82, 2.24) is 4.90 Å². The second-order valence-corrected chi connectivity index (χ2v) is 6.59. The van der Waals surface area contributed by atoms with Crippen LogP contribution in [0, 0.1) is 0 Å². The van der Waals surface area contributed by atoms with Crippen LogP contribution >= 0.6 is 23.7 Å². The van der Waals surface area contributed by atoms with Gasteiger partial charge in [-0.2, -0.15) is 0 Å². The minimum absolute atomic E-state index is 0. The summed E-state index contributed by atoms with van der Waals surface area (Å²) in [6, 6.07) is 4.07. The van der Waals surface area contributed by atoms with Crippen molar-refractivity contribution >= 4 is 29.7 Å². The van der Waals surface area contributed by atoms with E-state index in [4.69, 9.17) is 4.74 Å². The van der Waals surface area contributed by atoms with Gasteiger partial charge in [0, 0.05) is 11.4 Å². The molecule has 0 aliphatic heterocycles. The summed E-state index contributed by atoms with van der Waals surface area (Å²) in [5, 5.41) is 2.04. The van der Waals surface area contributed by atoms with E-state index >= 15 is 0 Å². The zero-order chi connectivity index (χ0) is 16.2. The monoisotopic (exact) mass is 361 g/mol. The molecule has 134 valence electrons. The summed E-state index contributed by atoms with van der Waals surface area (Å²) >= 11 is 1.66. The zero-order valence-electron chi connectivity index (χ0n) is 14.8. The van der Waals surface area contributed by atoms with E-state index in [-0.39, 0.29) is 24.3 Å². The van der Waals surface area contributed by atoms with Crippen molar-refractivity contribution < 1.29 is 9.53 Å². The maximum atomic E-state index is 12.4. The van der Waals surface area contributed by atoms with Crippen LogP contribution in [0.4, 0.5) is 0 Å². The van der Waals surface area contributed by atoms with Crippen molar-refractivity contribution in [3.63, 3.8) is 0 Å². The SMILES string of the molecule is CCCCCCC(C(=O)OCCN(CC)CC)c1cccs1.Cl. The molecule has 1 heterocycles. The fourth-order valence-corrected chi connectivity index (χ4v) is 3.41. The number of thiophene rings is 1. The topological polar surface area (TPSA) is 29.5 Å². The molecule has 0 aliphatic carbocycles. The first-order chi connectivity index (χ1) is 10.7.